The largest absolute Gasteiger partial charge is 0.478 e. The van der Waals surface area contributed by atoms with Gasteiger partial charge in [0.1, 0.15) is 11.5 Å². The van der Waals surface area contributed by atoms with Crippen molar-refractivity contribution in [3.8, 4) is 17.0 Å². The number of H-pyrrole nitrogens is 1. The normalized spacial score (nSPS) is 11.6. The van der Waals surface area contributed by atoms with Gasteiger partial charge in [0.25, 0.3) is 11.2 Å². The minimum Gasteiger partial charge on any atom is -0.478 e. The zero-order chi connectivity index (χ0) is 23.0. The number of nitrogens with one attached hydrogen (secondary N) is 1. The molecule has 0 aliphatic carbocycles. The molecule has 4 aromatic rings. The summed E-state index contributed by atoms with van der Waals surface area (Å²) in [5.41, 5.74) is 1.24. The fourth-order valence-corrected chi connectivity index (χ4v) is 3.30. The maximum absolute atomic E-state index is 12.9. The van der Waals surface area contributed by atoms with Crippen molar-refractivity contribution in [2.75, 3.05) is 0 Å². The molecule has 32 heavy (non-hydrogen) atoms. The van der Waals surface area contributed by atoms with Crippen LogP contribution in [0.1, 0.15) is 21.7 Å². The number of furan rings is 1. The lowest BCUT2D eigenvalue weighted by Gasteiger charge is -2.01. The molecule has 0 saturated heterocycles. The van der Waals surface area contributed by atoms with Gasteiger partial charge in [-0.05, 0) is 61.0 Å². The van der Waals surface area contributed by atoms with Crippen molar-refractivity contribution in [3.05, 3.63) is 103 Å². The molecule has 0 fully saturated rings. The van der Waals surface area contributed by atoms with Gasteiger partial charge in [0.05, 0.1) is 32.3 Å². The number of carboxylic acid groups (broad SMARTS) is 1. The predicted octanol–water partition coefficient (Wildman–Crippen LogP) is 2.58. The van der Waals surface area contributed by atoms with Gasteiger partial charge in [-0.2, -0.15) is 0 Å². The van der Waals surface area contributed by atoms with E-state index in [-0.39, 0.29) is 16.5 Å². The molecule has 0 amide bonds. The van der Waals surface area contributed by atoms with E-state index in [9.17, 15) is 19.7 Å². The number of hydrogen-bond acceptors (Lipinski definition) is 5. The van der Waals surface area contributed by atoms with Crippen LogP contribution in [-0.2, 0) is 0 Å². The lowest BCUT2D eigenvalue weighted by molar-refractivity contribution is -0.384. The van der Waals surface area contributed by atoms with Crippen LogP contribution < -0.4 is 16.1 Å². The fourth-order valence-electron chi connectivity index (χ4n) is 3.30. The second-order valence-electron chi connectivity index (χ2n) is 7.12. The zero-order valence-electron chi connectivity index (χ0n) is 16.9. The third-order valence-corrected chi connectivity index (χ3v) is 4.91. The van der Waals surface area contributed by atoms with Crippen LogP contribution >= 0.6 is 0 Å². The monoisotopic (exact) mass is 431 g/mol. The molecule has 160 valence electrons. The maximum Gasteiger partial charge on any atom is 0.335 e. The average molecular weight is 431 g/mol. The standard InChI is InChI=1S/C23H17N3O6/c1-13-3-9-20(26(30)31)19(11-13)21-10-8-17(32-21)12-18-14(2)24-25(22(18)27)16-6-4-15(5-7-16)23(28)29/h3-12,24H,2H2,1H3,(H,28,29). The van der Waals surface area contributed by atoms with Crippen LogP contribution in [0.2, 0.25) is 0 Å². The Morgan fingerprint density at radius 2 is 1.91 bits per heavy atom. The van der Waals surface area contributed by atoms with Gasteiger partial charge in [-0.3, -0.25) is 20.0 Å². The third kappa shape index (κ3) is 3.74. The third-order valence-electron chi connectivity index (χ3n) is 4.91. The Kier molecular flexibility index (Phi) is 5.07. The molecule has 2 aromatic heterocycles. The molecular formula is C23H17N3O6. The van der Waals surface area contributed by atoms with Gasteiger partial charge in [0.15, 0.2) is 0 Å². The van der Waals surface area contributed by atoms with Crippen LogP contribution in [-0.4, -0.2) is 25.8 Å². The van der Waals surface area contributed by atoms with Gasteiger partial charge >= 0.3 is 5.97 Å². The van der Waals surface area contributed by atoms with Crippen LogP contribution in [0.15, 0.2) is 63.8 Å². The molecule has 2 aromatic carbocycles. The van der Waals surface area contributed by atoms with E-state index >= 15 is 0 Å². The zero-order valence-corrected chi connectivity index (χ0v) is 16.9. The Morgan fingerprint density at radius 3 is 2.56 bits per heavy atom. The number of aromatic carboxylic acids is 1. The van der Waals surface area contributed by atoms with E-state index in [0.29, 0.717) is 28.1 Å². The molecule has 2 heterocycles. The molecule has 0 aliphatic heterocycles. The first-order chi connectivity index (χ1) is 15.2. The van der Waals surface area contributed by atoms with Gasteiger partial charge < -0.3 is 9.52 Å². The van der Waals surface area contributed by atoms with Crippen molar-refractivity contribution in [2.24, 2.45) is 0 Å². The van der Waals surface area contributed by atoms with E-state index in [1.165, 1.54) is 41.1 Å². The summed E-state index contributed by atoms with van der Waals surface area (Å²) in [6, 6.07) is 13.8. The molecule has 9 heteroatoms. The highest BCUT2D eigenvalue weighted by Gasteiger charge is 2.18. The summed E-state index contributed by atoms with van der Waals surface area (Å²) >= 11 is 0. The summed E-state index contributed by atoms with van der Waals surface area (Å²) in [6.45, 7) is 5.67. The van der Waals surface area contributed by atoms with E-state index in [1.807, 2.05) is 6.92 Å². The first-order valence-electron chi connectivity index (χ1n) is 9.45. The second kappa shape index (κ2) is 7.88. The highest BCUT2D eigenvalue weighted by molar-refractivity contribution is 5.87. The van der Waals surface area contributed by atoms with Crippen molar-refractivity contribution < 1.29 is 19.2 Å². The van der Waals surface area contributed by atoms with E-state index < -0.39 is 16.5 Å². The predicted molar refractivity (Wildman–Crippen MR) is 117 cm³/mol. The fraction of sp³-hybridized carbons (Fsp3) is 0.0435. The molecule has 2 N–H and O–H groups in total. The van der Waals surface area contributed by atoms with Gasteiger partial charge in [-0.1, -0.05) is 12.6 Å². The Balaban J connectivity index is 1.76. The number of nitro groups is 1. The van der Waals surface area contributed by atoms with Crippen LogP contribution in [0.5, 0.6) is 0 Å². The van der Waals surface area contributed by atoms with E-state index in [4.69, 9.17) is 9.52 Å². The molecule has 0 unspecified atom stereocenters. The van der Waals surface area contributed by atoms with Gasteiger partial charge in [0.2, 0.25) is 0 Å². The van der Waals surface area contributed by atoms with Gasteiger partial charge in [0, 0.05) is 6.07 Å². The smallest absolute Gasteiger partial charge is 0.335 e. The lowest BCUT2D eigenvalue weighted by atomic mass is 10.1. The summed E-state index contributed by atoms with van der Waals surface area (Å²) in [5.74, 6) is -0.438. The Labute approximate surface area is 180 Å². The summed E-state index contributed by atoms with van der Waals surface area (Å²) < 4.78 is 7.02. The lowest BCUT2D eigenvalue weighted by Crippen LogP contribution is -2.33. The summed E-state index contributed by atoms with van der Waals surface area (Å²) in [5, 5.41) is 23.8. The van der Waals surface area contributed by atoms with Gasteiger partial charge in [-0.25, -0.2) is 9.48 Å². The van der Waals surface area contributed by atoms with E-state index in [2.05, 4.69) is 11.7 Å². The van der Waals surface area contributed by atoms with Crippen LogP contribution in [0, 0.1) is 17.0 Å². The number of carbonyl (C=O) groups is 1. The van der Waals surface area contributed by atoms with Crippen molar-refractivity contribution >= 4 is 24.3 Å². The first kappa shape index (κ1) is 20.6. The molecule has 0 saturated carbocycles. The van der Waals surface area contributed by atoms with Gasteiger partial charge in [-0.15, -0.1) is 0 Å². The number of benzene rings is 2. The first-order valence-corrected chi connectivity index (χ1v) is 9.45. The number of aromatic amines is 1. The molecular weight excluding hydrogens is 414 g/mol. The topological polar surface area (TPSA) is 131 Å². The highest BCUT2D eigenvalue weighted by atomic mass is 16.6. The number of nitrogens with zero attached hydrogens (tertiary/aromatic N) is 2. The number of rotatable bonds is 5. The molecule has 0 bridgehead atoms. The Hall–Kier alpha value is -4.66. The number of carboxylic acids is 1. The maximum atomic E-state index is 12.9. The molecule has 9 nitrogen and oxygen atoms in total. The van der Waals surface area contributed by atoms with Crippen molar-refractivity contribution in [1.29, 1.82) is 0 Å². The van der Waals surface area contributed by atoms with Crippen LogP contribution in [0.4, 0.5) is 5.69 Å². The number of hydrogen-bond donors (Lipinski definition) is 2. The quantitative estimate of drug-likeness (QED) is 0.369. The SMILES string of the molecule is C=c1[nH]n(-c2ccc(C(=O)O)cc2)c(=O)c1=Cc1ccc(-c2cc(C)ccc2[N+](=O)[O-])o1. The van der Waals surface area contributed by atoms with E-state index in [1.54, 1.807) is 24.3 Å². The van der Waals surface area contributed by atoms with E-state index in [0.717, 1.165) is 5.56 Å². The number of nitro benzene ring substituents is 1. The van der Waals surface area contributed by atoms with Crippen molar-refractivity contribution in [2.45, 2.75) is 6.92 Å². The molecule has 0 radical (unpaired) electrons. The van der Waals surface area contributed by atoms with Crippen molar-refractivity contribution in [3.63, 3.8) is 0 Å². The summed E-state index contributed by atoms with van der Waals surface area (Å²) in [6.07, 6.45) is 1.49. The Morgan fingerprint density at radius 1 is 1.19 bits per heavy atom. The highest BCUT2D eigenvalue weighted by Crippen LogP contribution is 2.32. The molecule has 0 spiro atoms. The Bertz CT molecular complexity index is 1520. The summed E-state index contributed by atoms with van der Waals surface area (Å²) in [4.78, 5) is 34.8. The van der Waals surface area contributed by atoms with Crippen molar-refractivity contribution in [1.82, 2.24) is 9.78 Å². The van der Waals surface area contributed by atoms with Crippen LogP contribution in [0.3, 0.4) is 0 Å². The van der Waals surface area contributed by atoms with Crippen LogP contribution in [0.25, 0.3) is 29.7 Å². The minimum absolute atomic E-state index is 0.0804. The second-order valence-corrected chi connectivity index (χ2v) is 7.12. The molecule has 4 rings (SSSR count). The molecule has 0 atom stereocenters. The number of aromatic nitrogens is 2. The minimum atomic E-state index is -1.07. The number of aryl methyl sites for hydroxylation is 1. The average Bonchev–Trinajstić information content (AvgIpc) is 3.34. The molecule has 0 aliphatic rings. The summed E-state index contributed by atoms with van der Waals surface area (Å²) in [7, 11) is 0.